The summed E-state index contributed by atoms with van der Waals surface area (Å²) in [7, 11) is 3.63. The summed E-state index contributed by atoms with van der Waals surface area (Å²) in [5.41, 5.74) is 6.00. The van der Waals surface area contributed by atoms with Crippen molar-refractivity contribution < 1.29 is 14.0 Å². The van der Waals surface area contributed by atoms with Gasteiger partial charge in [-0.3, -0.25) is 9.59 Å². The van der Waals surface area contributed by atoms with Gasteiger partial charge in [-0.15, -0.1) is 0 Å². The minimum absolute atomic E-state index is 0.0688. The smallest absolute Gasteiger partial charge is 0.256 e. The van der Waals surface area contributed by atoms with Crippen molar-refractivity contribution in [3.8, 4) is 0 Å². The molecule has 2 rings (SSSR count). The molecule has 0 aromatic heterocycles. The van der Waals surface area contributed by atoms with Crippen LogP contribution in [0.4, 0.5) is 10.1 Å². The summed E-state index contributed by atoms with van der Waals surface area (Å²) in [5.74, 6) is -1.13. The number of anilines is 1. The average Bonchev–Trinajstić information content (AvgIpc) is 2.46. The molecule has 0 radical (unpaired) electrons. The number of hydrogen-bond donors (Lipinski definition) is 1. The summed E-state index contributed by atoms with van der Waals surface area (Å²) in [6.07, 6.45) is 1.95. The zero-order chi connectivity index (χ0) is 16.3. The van der Waals surface area contributed by atoms with Gasteiger partial charge in [0.2, 0.25) is 5.91 Å². The Morgan fingerprint density at radius 1 is 1.41 bits per heavy atom. The predicted octanol–water partition coefficient (Wildman–Crippen LogP) is 1.62. The summed E-state index contributed by atoms with van der Waals surface area (Å²) in [5, 5.41) is 0. The van der Waals surface area contributed by atoms with E-state index in [2.05, 4.69) is 0 Å². The van der Waals surface area contributed by atoms with E-state index in [-0.39, 0.29) is 29.7 Å². The molecule has 1 atom stereocenters. The maximum Gasteiger partial charge on any atom is 0.256 e. The first kappa shape index (κ1) is 16.3. The van der Waals surface area contributed by atoms with Crippen LogP contribution in [0.5, 0.6) is 0 Å². The van der Waals surface area contributed by atoms with Crippen LogP contribution in [-0.2, 0) is 4.79 Å². The van der Waals surface area contributed by atoms with Crippen LogP contribution in [0.3, 0.4) is 0 Å². The Hall–Kier alpha value is -2.11. The summed E-state index contributed by atoms with van der Waals surface area (Å²) in [6.45, 7) is 1.04. The Morgan fingerprint density at radius 2 is 2.14 bits per heavy atom. The molecule has 1 fully saturated rings. The number of hydrogen-bond acceptors (Lipinski definition) is 3. The molecule has 0 unspecified atom stereocenters. The van der Waals surface area contributed by atoms with Gasteiger partial charge in [0.15, 0.2) is 0 Å². The molecule has 22 heavy (non-hydrogen) atoms. The van der Waals surface area contributed by atoms with Crippen LogP contribution < -0.4 is 10.6 Å². The highest BCUT2D eigenvalue weighted by Gasteiger charge is 2.27. The van der Waals surface area contributed by atoms with Gasteiger partial charge in [-0.25, -0.2) is 4.39 Å². The molecular weight excluding hydrogens is 285 g/mol. The maximum absolute atomic E-state index is 14.2. The normalized spacial score (nSPS) is 18.1. The van der Waals surface area contributed by atoms with E-state index in [0.29, 0.717) is 18.8 Å². The molecule has 1 heterocycles. The number of carbonyl (C=O) groups is 2. The van der Waals surface area contributed by atoms with Crippen molar-refractivity contribution in [2.24, 2.45) is 11.7 Å². The molecule has 5 nitrogen and oxygen atoms in total. The monoisotopic (exact) mass is 307 g/mol. The van der Waals surface area contributed by atoms with Crippen molar-refractivity contribution in [1.29, 1.82) is 0 Å². The molecule has 2 amide bonds. The number of halogens is 1. The fraction of sp³-hybridized carbons (Fsp3) is 0.500. The van der Waals surface area contributed by atoms with Crippen LogP contribution in [0.2, 0.25) is 0 Å². The van der Waals surface area contributed by atoms with E-state index < -0.39 is 5.82 Å². The van der Waals surface area contributed by atoms with E-state index in [1.807, 2.05) is 14.1 Å². The van der Waals surface area contributed by atoms with Gasteiger partial charge in [-0.1, -0.05) is 0 Å². The molecule has 1 aromatic carbocycles. The molecule has 6 heteroatoms. The second-order valence-electron chi connectivity index (χ2n) is 5.99. The van der Waals surface area contributed by atoms with Crippen LogP contribution >= 0.6 is 0 Å². The first-order valence-corrected chi connectivity index (χ1v) is 7.43. The molecule has 1 aromatic rings. The zero-order valence-electron chi connectivity index (χ0n) is 13.0. The van der Waals surface area contributed by atoms with Gasteiger partial charge in [0.1, 0.15) is 5.82 Å². The quantitative estimate of drug-likeness (QED) is 0.919. The van der Waals surface area contributed by atoms with Crippen molar-refractivity contribution in [2.45, 2.75) is 19.3 Å². The summed E-state index contributed by atoms with van der Waals surface area (Å²) < 4.78 is 14.2. The van der Waals surface area contributed by atoms with Gasteiger partial charge in [0.25, 0.3) is 5.91 Å². The fourth-order valence-electron chi connectivity index (χ4n) is 2.83. The summed E-state index contributed by atoms with van der Waals surface area (Å²) >= 11 is 0. The second-order valence-corrected chi connectivity index (χ2v) is 5.99. The number of carbonyl (C=O) groups excluding carboxylic acids is 2. The molecule has 1 aliphatic rings. The number of benzene rings is 1. The van der Waals surface area contributed by atoms with Crippen molar-refractivity contribution >= 4 is 17.5 Å². The van der Waals surface area contributed by atoms with Crippen molar-refractivity contribution in [3.63, 3.8) is 0 Å². The lowest BCUT2D eigenvalue weighted by atomic mass is 9.94. The van der Waals surface area contributed by atoms with E-state index in [0.717, 1.165) is 12.8 Å². The third-order valence-electron chi connectivity index (χ3n) is 4.00. The van der Waals surface area contributed by atoms with Crippen LogP contribution in [0.1, 0.15) is 29.6 Å². The third kappa shape index (κ3) is 3.75. The van der Waals surface area contributed by atoms with E-state index in [9.17, 15) is 14.0 Å². The topological polar surface area (TPSA) is 66.6 Å². The van der Waals surface area contributed by atoms with E-state index in [1.54, 1.807) is 15.9 Å². The number of rotatable bonds is 4. The molecule has 120 valence electrons. The van der Waals surface area contributed by atoms with Gasteiger partial charge in [-0.2, -0.15) is 0 Å². The number of amides is 2. The molecular formula is C16H22FN3O2. The average molecular weight is 307 g/mol. The minimum Gasteiger partial charge on any atom is -0.378 e. The van der Waals surface area contributed by atoms with E-state index in [4.69, 9.17) is 5.73 Å². The Kier molecular flexibility index (Phi) is 5.00. The minimum atomic E-state index is -0.520. The molecule has 0 bridgehead atoms. The lowest BCUT2D eigenvalue weighted by molar-refractivity contribution is -0.119. The van der Waals surface area contributed by atoms with E-state index in [1.165, 1.54) is 12.1 Å². The van der Waals surface area contributed by atoms with Crippen LogP contribution in [0.25, 0.3) is 0 Å². The fourth-order valence-corrected chi connectivity index (χ4v) is 2.83. The van der Waals surface area contributed by atoms with Crippen LogP contribution in [-0.4, -0.2) is 43.9 Å². The standard InChI is InChI=1S/C16H22FN3O2/c1-19(2)12-5-6-13(14(17)9-12)16(22)20-7-3-4-11(10-20)8-15(18)21/h5-6,9,11H,3-4,7-8,10H2,1-2H3,(H2,18,21)/t11-/m1/s1. The first-order chi connectivity index (χ1) is 10.4. The Balaban J connectivity index is 2.12. The van der Waals surface area contributed by atoms with Crippen molar-refractivity contribution in [2.75, 3.05) is 32.1 Å². The molecule has 0 saturated carbocycles. The highest BCUT2D eigenvalue weighted by molar-refractivity contribution is 5.95. The van der Waals surface area contributed by atoms with Gasteiger partial charge in [-0.05, 0) is 37.0 Å². The molecule has 1 aliphatic heterocycles. The predicted molar refractivity (Wildman–Crippen MR) is 83.2 cm³/mol. The number of piperidine rings is 1. The van der Waals surface area contributed by atoms with Gasteiger partial charge < -0.3 is 15.5 Å². The molecule has 2 N–H and O–H groups in total. The highest BCUT2D eigenvalue weighted by Crippen LogP contribution is 2.23. The van der Waals surface area contributed by atoms with Crippen molar-refractivity contribution in [1.82, 2.24) is 4.90 Å². The van der Waals surface area contributed by atoms with E-state index >= 15 is 0 Å². The molecule has 0 aliphatic carbocycles. The maximum atomic E-state index is 14.2. The lowest BCUT2D eigenvalue weighted by Crippen LogP contribution is -2.41. The highest BCUT2D eigenvalue weighted by atomic mass is 19.1. The molecule has 1 saturated heterocycles. The summed E-state index contributed by atoms with van der Waals surface area (Å²) in [6, 6.07) is 4.60. The van der Waals surface area contributed by atoms with Crippen LogP contribution in [0, 0.1) is 11.7 Å². The van der Waals surface area contributed by atoms with Crippen molar-refractivity contribution in [3.05, 3.63) is 29.6 Å². The SMILES string of the molecule is CN(C)c1ccc(C(=O)N2CCC[C@H](CC(N)=O)C2)c(F)c1. The van der Waals surface area contributed by atoms with Gasteiger partial charge >= 0.3 is 0 Å². The second kappa shape index (κ2) is 6.77. The summed E-state index contributed by atoms with van der Waals surface area (Å²) in [4.78, 5) is 26.9. The van der Waals surface area contributed by atoms with Crippen LogP contribution in [0.15, 0.2) is 18.2 Å². The largest absolute Gasteiger partial charge is 0.378 e. The van der Waals surface area contributed by atoms with Gasteiger partial charge in [0, 0.05) is 39.3 Å². The Bertz CT molecular complexity index is 575. The lowest BCUT2D eigenvalue weighted by Gasteiger charge is -2.32. The first-order valence-electron chi connectivity index (χ1n) is 7.43. The number of likely N-dealkylation sites (tertiary alicyclic amines) is 1. The molecule has 0 spiro atoms. The number of nitrogens with zero attached hydrogens (tertiary/aromatic N) is 2. The van der Waals surface area contributed by atoms with Gasteiger partial charge in [0.05, 0.1) is 5.56 Å². The Labute approximate surface area is 129 Å². The number of primary amides is 1. The Morgan fingerprint density at radius 3 is 2.73 bits per heavy atom. The zero-order valence-corrected chi connectivity index (χ0v) is 13.0. The number of nitrogens with two attached hydrogens (primary N) is 1. The third-order valence-corrected chi connectivity index (χ3v) is 4.00.